The van der Waals surface area contributed by atoms with E-state index in [1.165, 1.54) is 0 Å². The van der Waals surface area contributed by atoms with Gasteiger partial charge in [0.25, 0.3) is 0 Å². The summed E-state index contributed by atoms with van der Waals surface area (Å²) in [6.07, 6.45) is 1.48. The second kappa shape index (κ2) is 9.60. The van der Waals surface area contributed by atoms with Crippen LogP contribution in [-0.2, 0) is 4.74 Å². The van der Waals surface area contributed by atoms with Crippen LogP contribution in [0.1, 0.15) is 11.1 Å². The quantitative estimate of drug-likeness (QED) is 0.903. The summed E-state index contributed by atoms with van der Waals surface area (Å²) < 4.78 is 5.36. The summed E-state index contributed by atoms with van der Waals surface area (Å²) in [7, 11) is 0. The molecular weight excluding hydrogens is 322 g/mol. The van der Waals surface area contributed by atoms with Crippen molar-refractivity contribution in [3.63, 3.8) is 0 Å². The number of benzene rings is 2. The lowest BCUT2D eigenvalue weighted by Crippen LogP contribution is -2.40. The van der Waals surface area contributed by atoms with E-state index in [9.17, 15) is 5.11 Å². The fourth-order valence-electron chi connectivity index (χ4n) is 2.89. The fraction of sp³-hybridized carbons (Fsp3) is 0.300. The van der Waals surface area contributed by atoms with Crippen molar-refractivity contribution in [2.45, 2.75) is 6.10 Å². The van der Waals surface area contributed by atoms with E-state index in [1.807, 2.05) is 42.5 Å². The normalized spacial score (nSPS) is 16.0. The maximum Gasteiger partial charge on any atom is 0.0857 e. The van der Waals surface area contributed by atoms with E-state index in [0.717, 1.165) is 43.0 Å². The van der Waals surface area contributed by atoms with E-state index in [1.54, 1.807) is 0 Å². The summed E-state index contributed by atoms with van der Waals surface area (Å²) in [5, 5.41) is 10.5. The summed E-state index contributed by atoms with van der Waals surface area (Å²) in [5.74, 6) is 0. The number of halogens is 1. The molecule has 0 saturated carbocycles. The Kier molecular flexibility index (Phi) is 7.47. The van der Waals surface area contributed by atoms with Crippen LogP contribution in [-0.4, -0.2) is 49.0 Å². The first-order valence-corrected chi connectivity index (χ1v) is 8.14. The van der Waals surface area contributed by atoms with Gasteiger partial charge < -0.3 is 9.84 Å². The van der Waals surface area contributed by atoms with Gasteiger partial charge in [0.15, 0.2) is 0 Å². The Balaban J connectivity index is 0.00000208. The van der Waals surface area contributed by atoms with Crippen molar-refractivity contribution < 1.29 is 9.84 Å². The monoisotopic (exact) mass is 345 g/mol. The van der Waals surface area contributed by atoms with E-state index < -0.39 is 6.10 Å². The van der Waals surface area contributed by atoms with Gasteiger partial charge in [0.2, 0.25) is 0 Å². The minimum Gasteiger partial charge on any atom is -0.388 e. The van der Waals surface area contributed by atoms with Crippen LogP contribution in [0.3, 0.4) is 0 Å². The van der Waals surface area contributed by atoms with Crippen LogP contribution in [0.25, 0.3) is 5.57 Å². The van der Waals surface area contributed by atoms with Gasteiger partial charge in [-0.1, -0.05) is 60.7 Å². The Morgan fingerprint density at radius 2 is 1.46 bits per heavy atom. The van der Waals surface area contributed by atoms with Gasteiger partial charge >= 0.3 is 0 Å². The molecule has 2 aromatic carbocycles. The zero-order valence-electron chi connectivity index (χ0n) is 13.7. The predicted octanol–water partition coefficient (Wildman–Crippen LogP) is 3.23. The Hall–Kier alpha value is -1.65. The Labute approximate surface area is 150 Å². The lowest BCUT2D eigenvalue weighted by atomic mass is 9.96. The number of β-amino-alcohol motifs (C(OH)–C–C–N with tert-alkyl or cyclic N) is 1. The van der Waals surface area contributed by atoms with Crippen LogP contribution in [0.15, 0.2) is 66.7 Å². The molecule has 0 spiro atoms. The molecule has 1 atom stereocenters. The molecule has 4 heteroatoms. The van der Waals surface area contributed by atoms with Gasteiger partial charge in [0, 0.05) is 19.6 Å². The number of aliphatic hydroxyl groups is 1. The lowest BCUT2D eigenvalue weighted by Gasteiger charge is -2.28. The Bertz CT molecular complexity index is 583. The van der Waals surface area contributed by atoms with E-state index in [4.69, 9.17) is 4.74 Å². The molecule has 0 amide bonds. The summed E-state index contributed by atoms with van der Waals surface area (Å²) in [4.78, 5) is 2.25. The molecule has 1 heterocycles. The highest BCUT2D eigenvalue weighted by molar-refractivity contribution is 5.85. The van der Waals surface area contributed by atoms with Crippen molar-refractivity contribution in [3.05, 3.63) is 77.9 Å². The molecule has 1 aliphatic rings. The summed E-state index contributed by atoms with van der Waals surface area (Å²) >= 11 is 0. The number of morpholine rings is 1. The Morgan fingerprint density at radius 1 is 0.958 bits per heavy atom. The van der Waals surface area contributed by atoms with E-state index in [2.05, 4.69) is 29.2 Å². The fourth-order valence-corrected chi connectivity index (χ4v) is 2.89. The lowest BCUT2D eigenvalue weighted by molar-refractivity contribution is 0.0223. The highest BCUT2D eigenvalue weighted by atomic mass is 35.5. The molecule has 3 rings (SSSR count). The van der Waals surface area contributed by atoms with Crippen molar-refractivity contribution in [3.8, 4) is 0 Å². The van der Waals surface area contributed by atoms with Gasteiger partial charge in [-0.15, -0.1) is 12.4 Å². The highest BCUT2D eigenvalue weighted by Crippen LogP contribution is 2.23. The number of hydrogen-bond acceptors (Lipinski definition) is 3. The molecule has 1 fully saturated rings. The Morgan fingerprint density at radius 3 is 1.96 bits per heavy atom. The summed E-state index contributed by atoms with van der Waals surface area (Å²) in [6.45, 7) is 3.92. The average molecular weight is 346 g/mol. The van der Waals surface area contributed by atoms with Crippen LogP contribution < -0.4 is 0 Å². The van der Waals surface area contributed by atoms with E-state index in [0.29, 0.717) is 6.54 Å². The van der Waals surface area contributed by atoms with Gasteiger partial charge in [0.1, 0.15) is 0 Å². The molecular formula is C20H24ClNO2. The van der Waals surface area contributed by atoms with Gasteiger partial charge in [-0.05, 0) is 22.8 Å². The molecule has 3 nitrogen and oxygen atoms in total. The van der Waals surface area contributed by atoms with Gasteiger partial charge in [-0.3, -0.25) is 4.90 Å². The first-order chi connectivity index (χ1) is 11.3. The number of nitrogens with zero attached hydrogens (tertiary/aromatic N) is 1. The van der Waals surface area contributed by atoms with Crippen molar-refractivity contribution >= 4 is 18.0 Å². The topological polar surface area (TPSA) is 32.7 Å². The van der Waals surface area contributed by atoms with Crippen LogP contribution in [0, 0.1) is 0 Å². The maximum atomic E-state index is 10.5. The molecule has 0 radical (unpaired) electrons. The second-order valence-electron chi connectivity index (χ2n) is 5.79. The molecule has 1 N–H and O–H groups in total. The molecule has 0 bridgehead atoms. The van der Waals surface area contributed by atoms with Gasteiger partial charge in [0.05, 0.1) is 19.3 Å². The number of hydrogen-bond donors (Lipinski definition) is 1. The second-order valence-corrected chi connectivity index (χ2v) is 5.79. The molecule has 24 heavy (non-hydrogen) atoms. The van der Waals surface area contributed by atoms with Crippen LogP contribution >= 0.6 is 12.4 Å². The number of aliphatic hydroxyl groups excluding tert-OH is 1. The third-order valence-corrected chi connectivity index (χ3v) is 4.08. The summed E-state index contributed by atoms with van der Waals surface area (Å²) in [5.41, 5.74) is 3.33. The van der Waals surface area contributed by atoms with Crippen LogP contribution in [0.2, 0.25) is 0 Å². The zero-order chi connectivity index (χ0) is 15.9. The highest BCUT2D eigenvalue weighted by Gasteiger charge is 2.15. The van der Waals surface area contributed by atoms with Gasteiger partial charge in [-0.2, -0.15) is 0 Å². The third-order valence-electron chi connectivity index (χ3n) is 4.08. The molecule has 2 aromatic rings. The summed E-state index contributed by atoms with van der Waals surface area (Å²) in [6, 6.07) is 20.5. The first-order valence-electron chi connectivity index (χ1n) is 8.14. The van der Waals surface area contributed by atoms with E-state index in [-0.39, 0.29) is 12.4 Å². The SMILES string of the molecule is Cl.OC(C=C(c1ccccc1)c1ccccc1)CN1CCOCC1. The van der Waals surface area contributed by atoms with Gasteiger partial charge in [-0.25, -0.2) is 0 Å². The largest absolute Gasteiger partial charge is 0.388 e. The molecule has 1 aliphatic heterocycles. The molecule has 0 aromatic heterocycles. The predicted molar refractivity (Wildman–Crippen MR) is 100 cm³/mol. The zero-order valence-corrected chi connectivity index (χ0v) is 14.5. The number of rotatable bonds is 5. The van der Waals surface area contributed by atoms with Crippen molar-refractivity contribution in [2.24, 2.45) is 0 Å². The van der Waals surface area contributed by atoms with Crippen molar-refractivity contribution in [2.75, 3.05) is 32.8 Å². The molecule has 1 saturated heterocycles. The molecule has 0 aliphatic carbocycles. The smallest absolute Gasteiger partial charge is 0.0857 e. The minimum absolute atomic E-state index is 0. The maximum absolute atomic E-state index is 10.5. The standard InChI is InChI=1S/C20H23NO2.ClH/c22-19(16-21-11-13-23-14-12-21)15-20(17-7-3-1-4-8-17)18-9-5-2-6-10-18;/h1-10,15,19,22H,11-14,16H2;1H. The third kappa shape index (κ3) is 5.18. The minimum atomic E-state index is -0.497. The number of ether oxygens (including phenoxy) is 1. The van der Waals surface area contributed by atoms with Crippen LogP contribution in [0.4, 0.5) is 0 Å². The van der Waals surface area contributed by atoms with E-state index >= 15 is 0 Å². The first kappa shape index (κ1) is 18.7. The van der Waals surface area contributed by atoms with Crippen molar-refractivity contribution in [1.29, 1.82) is 0 Å². The molecule has 128 valence electrons. The van der Waals surface area contributed by atoms with Crippen LogP contribution in [0.5, 0.6) is 0 Å². The average Bonchev–Trinajstić information content (AvgIpc) is 2.62. The molecule has 1 unspecified atom stereocenters. The van der Waals surface area contributed by atoms with Crippen molar-refractivity contribution in [1.82, 2.24) is 4.90 Å².